The van der Waals surface area contributed by atoms with Crippen molar-refractivity contribution < 1.29 is 19.8 Å². The molecule has 0 spiro atoms. The molecule has 0 atom stereocenters. The Balaban J connectivity index is 3.38. The fraction of sp³-hybridized carbons (Fsp3) is 0.111. The van der Waals surface area contributed by atoms with Crippen LogP contribution in [-0.4, -0.2) is 22.1 Å². The first-order valence-electron chi connectivity index (χ1n) is 3.96. The monoisotopic (exact) mass is 273 g/mol. The quantitative estimate of drug-likeness (QED) is 0.718. The molecule has 0 aromatic heterocycles. The van der Waals surface area contributed by atoms with Crippen molar-refractivity contribution in [2.75, 3.05) is 5.32 Å². The molecule has 5 nitrogen and oxygen atoms in total. The van der Waals surface area contributed by atoms with Crippen molar-refractivity contribution in [3.05, 3.63) is 22.2 Å². The Morgan fingerprint density at radius 2 is 2.00 bits per heavy atom. The number of nitrogens with one attached hydrogen (secondary N) is 1. The molecule has 6 heteroatoms. The van der Waals surface area contributed by atoms with E-state index in [-0.39, 0.29) is 21.5 Å². The van der Waals surface area contributed by atoms with Crippen molar-refractivity contribution >= 4 is 33.5 Å². The molecule has 0 aliphatic carbocycles. The van der Waals surface area contributed by atoms with E-state index in [0.717, 1.165) is 0 Å². The topological polar surface area (TPSA) is 86.6 Å². The van der Waals surface area contributed by atoms with Gasteiger partial charge in [-0.1, -0.05) is 0 Å². The molecule has 0 heterocycles. The van der Waals surface area contributed by atoms with E-state index in [1.807, 2.05) is 0 Å². The number of halogens is 1. The van der Waals surface area contributed by atoms with Crippen LogP contribution in [0, 0.1) is 0 Å². The summed E-state index contributed by atoms with van der Waals surface area (Å²) < 4.78 is 0.288. The van der Waals surface area contributed by atoms with Gasteiger partial charge in [-0.15, -0.1) is 0 Å². The number of hydrogen-bond acceptors (Lipinski definition) is 3. The summed E-state index contributed by atoms with van der Waals surface area (Å²) in [5.41, 5.74) is -0.283. The minimum absolute atomic E-state index is 0.107. The van der Waals surface area contributed by atoms with Crippen LogP contribution in [0.3, 0.4) is 0 Å². The number of anilines is 1. The maximum absolute atomic E-state index is 10.9. The highest BCUT2D eigenvalue weighted by Gasteiger charge is 2.18. The van der Waals surface area contributed by atoms with Crippen molar-refractivity contribution in [2.24, 2.45) is 0 Å². The smallest absolute Gasteiger partial charge is 0.339 e. The second-order valence-electron chi connectivity index (χ2n) is 2.80. The lowest BCUT2D eigenvalue weighted by Crippen LogP contribution is -2.11. The van der Waals surface area contributed by atoms with E-state index >= 15 is 0 Å². The number of benzene rings is 1. The summed E-state index contributed by atoms with van der Waals surface area (Å²) in [4.78, 5) is 21.7. The zero-order valence-corrected chi connectivity index (χ0v) is 9.33. The lowest BCUT2D eigenvalue weighted by molar-refractivity contribution is -0.114. The number of amides is 1. The molecule has 1 aromatic carbocycles. The Morgan fingerprint density at radius 1 is 1.40 bits per heavy atom. The van der Waals surface area contributed by atoms with Crippen LogP contribution in [0.25, 0.3) is 0 Å². The van der Waals surface area contributed by atoms with Crippen molar-refractivity contribution in [3.8, 4) is 5.75 Å². The number of phenolic OH excluding ortho intramolecular Hbond substituents is 1. The maximum atomic E-state index is 10.9. The molecule has 0 aliphatic heterocycles. The van der Waals surface area contributed by atoms with Crippen molar-refractivity contribution in [1.29, 1.82) is 0 Å². The molecule has 0 aliphatic rings. The molecule has 0 unspecified atom stereocenters. The zero-order valence-electron chi connectivity index (χ0n) is 7.74. The van der Waals surface area contributed by atoms with E-state index in [0.29, 0.717) is 0 Å². The minimum Gasteiger partial charge on any atom is -0.506 e. The molecule has 0 saturated carbocycles. The van der Waals surface area contributed by atoms with Crippen molar-refractivity contribution in [3.63, 3.8) is 0 Å². The summed E-state index contributed by atoms with van der Waals surface area (Å²) in [5, 5.41) is 20.6. The average Bonchev–Trinajstić information content (AvgIpc) is 2.10. The number of aromatic carboxylic acids is 1. The summed E-state index contributed by atoms with van der Waals surface area (Å²) in [6.45, 7) is 1.23. The van der Waals surface area contributed by atoms with Gasteiger partial charge in [-0.3, -0.25) is 4.79 Å². The first-order valence-corrected chi connectivity index (χ1v) is 4.75. The molecule has 1 aromatic rings. The number of carboxylic acids is 1. The van der Waals surface area contributed by atoms with Gasteiger partial charge in [0.25, 0.3) is 0 Å². The third-order valence-electron chi connectivity index (χ3n) is 1.65. The summed E-state index contributed by atoms with van der Waals surface area (Å²) in [6.07, 6.45) is 0. The van der Waals surface area contributed by atoms with E-state index in [4.69, 9.17) is 5.11 Å². The van der Waals surface area contributed by atoms with Gasteiger partial charge in [-0.2, -0.15) is 0 Å². The number of carboxylic acid groups (broad SMARTS) is 1. The second-order valence-corrected chi connectivity index (χ2v) is 3.66. The fourth-order valence-electron chi connectivity index (χ4n) is 1.08. The van der Waals surface area contributed by atoms with Crippen LogP contribution in [0.1, 0.15) is 17.3 Å². The summed E-state index contributed by atoms with van der Waals surface area (Å²) >= 11 is 3.03. The molecule has 80 valence electrons. The number of phenols is 1. The van der Waals surface area contributed by atoms with Crippen LogP contribution >= 0.6 is 15.9 Å². The van der Waals surface area contributed by atoms with Crippen LogP contribution in [0.2, 0.25) is 0 Å². The largest absolute Gasteiger partial charge is 0.506 e. The lowest BCUT2D eigenvalue weighted by Gasteiger charge is -2.10. The Morgan fingerprint density at radius 3 is 2.47 bits per heavy atom. The molecule has 3 N–H and O–H groups in total. The average molecular weight is 274 g/mol. The highest BCUT2D eigenvalue weighted by molar-refractivity contribution is 9.10. The van der Waals surface area contributed by atoms with Crippen molar-refractivity contribution in [2.45, 2.75) is 6.92 Å². The molecule has 15 heavy (non-hydrogen) atoms. The van der Waals surface area contributed by atoms with Crippen LogP contribution in [-0.2, 0) is 4.79 Å². The lowest BCUT2D eigenvalue weighted by atomic mass is 10.1. The molecule has 0 bridgehead atoms. The third kappa shape index (κ3) is 2.47. The number of aromatic hydroxyl groups is 1. The van der Waals surface area contributed by atoms with E-state index in [1.54, 1.807) is 0 Å². The molecule has 0 radical (unpaired) electrons. The summed E-state index contributed by atoms with van der Waals surface area (Å²) in [5.74, 6) is -1.97. The maximum Gasteiger partial charge on any atom is 0.339 e. The number of hydrogen-bond donors (Lipinski definition) is 3. The Kier molecular flexibility index (Phi) is 3.31. The van der Waals surface area contributed by atoms with Crippen LogP contribution in [0.15, 0.2) is 16.6 Å². The molecule has 0 fully saturated rings. The predicted molar refractivity (Wildman–Crippen MR) is 57.1 cm³/mol. The van der Waals surface area contributed by atoms with Crippen molar-refractivity contribution in [1.82, 2.24) is 0 Å². The van der Waals surface area contributed by atoms with E-state index in [9.17, 15) is 14.7 Å². The molecule has 1 rings (SSSR count). The van der Waals surface area contributed by atoms with Crippen LogP contribution in [0.4, 0.5) is 5.69 Å². The molecular formula is C9H8BrNO4. The van der Waals surface area contributed by atoms with Gasteiger partial charge in [0.15, 0.2) is 0 Å². The summed E-state index contributed by atoms with van der Waals surface area (Å²) in [7, 11) is 0. The van der Waals surface area contributed by atoms with E-state index in [1.165, 1.54) is 19.1 Å². The Hall–Kier alpha value is -1.56. The molecular weight excluding hydrogens is 266 g/mol. The highest BCUT2D eigenvalue weighted by atomic mass is 79.9. The van der Waals surface area contributed by atoms with Gasteiger partial charge < -0.3 is 15.5 Å². The minimum atomic E-state index is -1.23. The van der Waals surface area contributed by atoms with Gasteiger partial charge in [0.2, 0.25) is 5.91 Å². The fourth-order valence-corrected chi connectivity index (χ4v) is 1.58. The number of rotatable bonds is 2. The van der Waals surface area contributed by atoms with Crippen LogP contribution in [0.5, 0.6) is 5.75 Å². The molecule has 1 amide bonds. The van der Waals surface area contributed by atoms with Gasteiger partial charge in [0.05, 0.1) is 5.69 Å². The summed E-state index contributed by atoms with van der Waals surface area (Å²) in [6, 6.07) is 2.69. The van der Waals surface area contributed by atoms with E-state index in [2.05, 4.69) is 21.2 Å². The normalized spacial score (nSPS) is 9.73. The zero-order chi connectivity index (χ0) is 11.6. The van der Waals surface area contributed by atoms with Gasteiger partial charge >= 0.3 is 5.97 Å². The SMILES string of the molecule is CC(=O)Nc1c(O)ccc(Br)c1C(=O)O. The third-order valence-corrected chi connectivity index (χ3v) is 2.31. The molecule has 0 saturated heterocycles. The highest BCUT2D eigenvalue weighted by Crippen LogP contribution is 2.33. The van der Waals surface area contributed by atoms with Gasteiger partial charge in [0, 0.05) is 11.4 Å². The first kappa shape index (κ1) is 11.5. The number of carbonyl (C=O) groups is 2. The predicted octanol–water partition coefficient (Wildman–Crippen LogP) is 1.81. The Labute approximate surface area is 93.9 Å². The Bertz CT molecular complexity index is 430. The standard InChI is InChI=1S/C9H8BrNO4/c1-4(12)11-8-6(13)3-2-5(10)7(8)9(14)15/h2-3,13H,1H3,(H,11,12)(H,14,15). The number of carbonyl (C=O) groups excluding carboxylic acids is 1. The first-order chi connectivity index (χ1) is 6.93. The van der Waals surface area contributed by atoms with Crippen LogP contribution < -0.4 is 5.32 Å². The van der Waals surface area contributed by atoms with E-state index < -0.39 is 11.9 Å². The van der Waals surface area contributed by atoms with Gasteiger partial charge in [0.1, 0.15) is 11.3 Å². The van der Waals surface area contributed by atoms with Gasteiger partial charge in [-0.05, 0) is 28.1 Å². The van der Waals surface area contributed by atoms with Gasteiger partial charge in [-0.25, -0.2) is 4.79 Å². The second kappa shape index (κ2) is 4.31.